The van der Waals surface area contributed by atoms with Gasteiger partial charge in [-0.25, -0.2) is 0 Å². The Morgan fingerprint density at radius 2 is 1.78 bits per heavy atom. The Balaban J connectivity index is 1.94. The molecule has 0 atom stereocenters. The van der Waals surface area contributed by atoms with Crippen molar-refractivity contribution >= 4 is 0 Å². The summed E-state index contributed by atoms with van der Waals surface area (Å²) in [6.07, 6.45) is 6.70. The van der Waals surface area contributed by atoms with Gasteiger partial charge in [0.1, 0.15) is 0 Å². The van der Waals surface area contributed by atoms with E-state index in [4.69, 9.17) is 10.2 Å². The fraction of sp³-hybridized carbons (Fsp3) is 0.625. The van der Waals surface area contributed by atoms with Crippen LogP contribution in [-0.2, 0) is 6.42 Å². The van der Waals surface area contributed by atoms with Crippen LogP contribution in [0.5, 0.6) is 0 Å². The van der Waals surface area contributed by atoms with Gasteiger partial charge in [0, 0.05) is 13.2 Å². The second-order valence-corrected chi connectivity index (χ2v) is 5.45. The molecule has 2 heteroatoms. The van der Waals surface area contributed by atoms with Gasteiger partial charge < -0.3 is 10.2 Å². The van der Waals surface area contributed by atoms with Crippen LogP contribution >= 0.6 is 0 Å². The molecule has 0 radical (unpaired) electrons. The van der Waals surface area contributed by atoms with Crippen molar-refractivity contribution in [3.63, 3.8) is 0 Å². The van der Waals surface area contributed by atoms with Crippen molar-refractivity contribution in [3.05, 3.63) is 35.4 Å². The normalized spacial score (nSPS) is 24.1. The molecule has 100 valence electrons. The Morgan fingerprint density at radius 3 is 2.44 bits per heavy atom. The topological polar surface area (TPSA) is 40.5 Å². The van der Waals surface area contributed by atoms with E-state index < -0.39 is 0 Å². The summed E-state index contributed by atoms with van der Waals surface area (Å²) in [5.74, 6) is 1.41. The molecule has 2 rings (SSSR count). The highest BCUT2D eigenvalue weighted by molar-refractivity contribution is 5.27. The zero-order valence-electron chi connectivity index (χ0n) is 11.0. The van der Waals surface area contributed by atoms with Crippen LogP contribution in [0.1, 0.15) is 49.1 Å². The number of rotatable bonds is 5. The molecule has 1 aliphatic rings. The van der Waals surface area contributed by atoms with Crippen LogP contribution in [0.15, 0.2) is 24.3 Å². The van der Waals surface area contributed by atoms with Gasteiger partial charge in [-0.3, -0.25) is 0 Å². The average Bonchev–Trinajstić information content (AvgIpc) is 2.41. The lowest BCUT2D eigenvalue weighted by atomic mass is 9.77. The van der Waals surface area contributed by atoms with Crippen LogP contribution in [0, 0.1) is 5.92 Å². The first-order valence-corrected chi connectivity index (χ1v) is 7.14. The molecule has 0 spiro atoms. The lowest BCUT2D eigenvalue weighted by molar-refractivity contribution is 0.222. The third-order valence-electron chi connectivity index (χ3n) is 4.21. The molecule has 0 heterocycles. The Kier molecular flexibility index (Phi) is 5.21. The van der Waals surface area contributed by atoms with Gasteiger partial charge in [-0.05, 0) is 61.5 Å². The number of aliphatic hydroxyl groups is 2. The van der Waals surface area contributed by atoms with Gasteiger partial charge in [-0.15, -0.1) is 0 Å². The molecule has 1 fully saturated rings. The summed E-state index contributed by atoms with van der Waals surface area (Å²) in [5, 5.41) is 18.0. The maximum Gasteiger partial charge on any atom is 0.0471 e. The van der Waals surface area contributed by atoms with Crippen molar-refractivity contribution in [1.29, 1.82) is 0 Å². The van der Waals surface area contributed by atoms with Crippen LogP contribution in [0.25, 0.3) is 0 Å². The Bertz CT molecular complexity index is 354. The summed E-state index contributed by atoms with van der Waals surface area (Å²) in [4.78, 5) is 0. The van der Waals surface area contributed by atoms with Crippen LogP contribution in [0.2, 0.25) is 0 Å². The molecule has 0 unspecified atom stereocenters. The zero-order valence-corrected chi connectivity index (χ0v) is 11.0. The van der Waals surface area contributed by atoms with Gasteiger partial charge in [-0.1, -0.05) is 24.3 Å². The first-order chi connectivity index (χ1) is 8.83. The molecule has 0 bridgehead atoms. The number of benzene rings is 1. The zero-order chi connectivity index (χ0) is 12.8. The van der Waals surface area contributed by atoms with E-state index in [-0.39, 0.29) is 6.61 Å². The van der Waals surface area contributed by atoms with E-state index in [2.05, 4.69) is 24.3 Å². The maximum absolute atomic E-state index is 8.99. The summed E-state index contributed by atoms with van der Waals surface area (Å²) in [7, 11) is 0. The quantitative estimate of drug-likeness (QED) is 0.841. The predicted octanol–water partition coefficient (Wildman–Crippen LogP) is 2.88. The van der Waals surface area contributed by atoms with Gasteiger partial charge in [0.2, 0.25) is 0 Å². The van der Waals surface area contributed by atoms with Gasteiger partial charge in [0.15, 0.2) is 0 Å². The number of hydrogen-bond acceptors (Lipinski definition) is 2. The van der Waals surface area contributed by atoms with E-state index in [1.54, 1.807) is 0 Å². The van der Waals surface area contributed by atoms with Gasteiger partial charge in [0.05, 0.1) is 0 Å². The SMILES string of the molecule is OCCc1cccc(C2CCC(CCO)CC2)c1. The summed E-state index contributed by atoms with van der Waals surface area (Å²) in [6, 6.07) is 8.68. The van der Waals surface area contributed by atoms with E-state index >= 15 is 0 Å². The summed E-state index contributed by atoms with van der Waals surface area (Å²) < 4.78 is 0. The smallest absolute Gasteiger partial charge is 0.0471 e. The van der Waals surface area contributed by atoms with Crippen molar-refractivity contribution in [1.82, 2.24) is 0 Å². The van der Waals surface area contributed by atoms with Crippen molar-refractivity contribution in [2.24, 2.45) is 5.92 Å². The van der Waals surface area contributed by atoms with Crippen LogP contribution in [0.3, 0.4) is 0 Å². The second-order valence-electron chi connectivity index (χ2n) is 5.45. The summed E-state index contributed by atoms with van der Waals surface area (Å²) >= 11 is 0. The van der Waals surface area contributed by atoms with E-state index in [0.29, 0.717) is 12.5 Å². The minimum absolute atomic E-state index is 0.229. The molecule has 1 aromatic rings. The first kappa shape index (κ1) is 13.6. The van der Waals surface area contributed by atoms with E-state index in [0.717, 1.165) is 18.8 Å². The average molecular weight is 248 g/mol. The van der Waals surface area contributed by atoms with Crippen molar-refractivity contribution in [2.75, 3.05) is 13.2 Å². The number of hydrogen-bond donors (Lipinski definition) is 2. The van der Waals surface area contributed by atoms with Crippen molar-refractivity contribution in [2.45, 2.75) is 44.4 Å². The van der Waals surface area contributed by atoms with Gasteiger partial charge >= 0.3 is 0 Å². The highest BCUT2D eigenvalue weighted by Gasteiger charge is 2.21. The molecule has 0 aromatic heterocycles. The molecular formula is C16H24O2. The Morgan fingerprint density at radius 1 is 1.00 bits per heavy atom. The van der Waals surface area contributed by atoms with Crippen LogP contribution in [-0.4, -0.2) is 23.4 Å². The molecule has 0 saturated heterocycles. The molecule has 2 nitrogen and oxygen atoms in total. The lowest BCUT2D eigenvalue weighted by Gasteiger charge is -2.28. The van der Waals surface area contributed by atoms with Crippen LogP contribution in [0.4, 0.5) is 0 Å². The first-order valence-electron chi connectivity index (χ1n) is 7.14. The molecule has 0 aliphatic heterocycles. The molecule has 1 aliphatic carbocycles. The standard InChI is InChI=1S/C16H24O2/c17-10-8-13-4-6-15(7-5-13)16-3-1-2-14(12-16)9-11-18/h1-3,12-13,15,17-18H,4-11H2. The van der Waals surface area contributed by atoms with Gasteiger partial charge in [-0.2, -0.15) is 0 Å². The highest BCUT2D eigenvalue weighted by atomic mass is 16.3. The minimum atomic E-state index is 0.229. The fourth-order valence-corrected chi connectivity index (χ4v) is 3.10. The largest absolute Gasteiger partial charge is 0.396 e. The van der Waals surface area contributed by atoms with Gasteiger partial charge in [0.25, 0.3) is 0 Å². The van der Waals surface area contributed by atoms with E-state index in [1.807, 2.05) is 0 Å². The third-order valence-corrected chi connectivity index (χ3v) is 4.21. The third kappa shape index (κ3) is 3.56. The molecule has 2 N–H and O–H groups in total. The molecule has 18 heavy (non-hydrogen) atoms. The maximum atomic E-state index is 8.99. The summed E-state index contributed by atoms with van der Waals surface area (Å²) in [6.45, 7) is 0.564. The van der Waals surface area contributed by atoms with Crippen LogP contribution < -0.4 is 0 Å². The van der Waals surface area contributed by atoms with Crippen molar-refractivity contribution in [3.8, 4) is 0 Å². The molecule has 0 amide bonds. The Hall–Kier alpha value is -0.860. The van der Waals surface area contributed by atoms with E-state index in [9.17, 15) is 0 Å². The molecule has 1 aromatic carbocycles. The predicted molar refractivity (Wildman–Crippen MR) is 73.6 cm³/mol. The monoisotopic (exact) mass is 248 g/mol. The van der Waals surface area contributed by atoms with Crippen molar-refractivity contribution < 1.29 is 10.2 Å². The lowest BCUT2D eigenvalue weighted by Crippen LogP contribution is -2.14. The Labute approximate surface area is 110 Å². The molecular weight excluding hydrogens is 224 g/mol. The van der Waals surface area contributed by atoms with E-state index in [1.165, 1.54) is 36.8 Å². The number of aliphatic hydroxyl groups excluding tert-OH is 2. The summed E-state index contributed by atoms with van der Waals surface area (Å²) in [5.41, 5.74) is 2.68. The second kappa shape index (κ2) is 6.91. The minimum Gasteiger partial charge on any atom is -0.396 e. The highest BCUT2D eigenvalue weighted by Crippen LogP contribution is 2.37. The fourth-order valence-electron chi connectivity index (χ4n) is 3.10. The molecule has 1 saturated carbocycles.